The second-order valence-electron chi connectivity index (χ2n) is 10.0. The summed E-state index contributed by atoms with van der Waals surface area (Å²) in [5.41, 5.74) is 7.58. The Labute approximate surface area is 212 Å². The molecule has 4 aromatic carbocycles. The van der Waals surface area contributed by atoms with Gasteiger partial charge in [-0.25, -0.2) is 9.78 Å². The summed E-state index contributed by atoms with van der Waals surface area (Å²) in [6, 6.07) is 36.3. The fraction of sp³-hybridized carbons (Fsp3) is 0.152. The van der Waals surface area contributed by atoms with Crippen molar-refractivity contribution in [3.05, 3.63) is 126 Å². The van der Waals surface area contributed by atoms with Crippen molar-refractivity contribution >= 4 is 16.9 Å². The minimum Gasteiger partial charge on any atom is -0.457 e. The van der Waals surface area contributed by atoms with Crippen molar-refractivity contribution < 1.29 is 9.53 Å². The first kappa shape index (κ1) is 23.5. The van der Waals surface area contributed by atoms with Crippen molar-refractivity contribution in [2.75, 3.05) is 0 Å². The Balaban J connectivity index is 1.42. The molecule has 5 aromatic rings. The van der Waals surface area contributed by atoms with Gasteiger partial charge in [0.2, 0.25) is 0 Å². The van der Waals surface area contributed by atoms with Crippen LogP contribution in [0, 0.1) is 0 Å². The normalized spacial score (nSPS) is 11.4. The smallest absolute Gasteiger partial charge is 0.339 e. The number of hydrogen-bond donors (Lipinski definition) is 0. The van der Waals surface area contributed by atoms with Crippen molar-refractivity contribution in [3.63, 3.8) is 0 Å². The number of aromatic nitrogens is 1. The molecule has 3 heteroatoms. The van der Waals surface area contributed by atoms with E-state index in [9.17, 15) is 4.79 Å². The van der Waals surface area contributed by atoms with E-state index >= 15 is 0 Å². The van der Waals surface area contributed by atoms with Crippen molar-refractivity contribution in [1.82, 2.24) is 4.98 Å². The Bertz CT molecular complexity index is 1500. The third-order valence-corrected chi connectivity index (χ3v) is 6.41. The molecule has 0 amide bonds. The molecule has 3 nitrogen and oxygen atoms in total. The van der Waals surface area contributed by atoms with E-state index in [1.165, 1.54) is 5.56 Å². The second-order valence-corrected chi connectivity index (χ2v) is 10.0. The molecule has 0 radical (unpaired) electrons. The first-order chi connectivity index (χ1) is 17.4. The summed E-state index contributed by atoms with van der Waals surface area (Å²) in [5, 5.41) is 0.787. The molecule has 0 fully saturated rings. The summed E-state index contributed by atoms with van der Waals surface area (Å²) in [5.74, 6) is -0.351. The molecule has 0 spiro atoms. The molecule has 36 heavy (non-hydrogen) atoms. The van der Waals surface area contributed by atoms with Crippen molar-refractivity contribution in [2.45, 2.75) is 32.8 Å². The Kier molecular flexibility index (Phi) is 6.39. The number of hydrogen-bond acceptors (Lipinski definition) is 3. The maximum absolute atomic E-state index is 13.2. The van der Waals surface area contributed by atoms with Gasteiger partial charge in [0.25, 0.3) is 0 Å². The highest BCUT2D eigenvalue weighted by atomic mass is 16.5. The third-order valence-electron chi connectivity index (χ3n) is 6.41. The molecule has 0 N–H and O–H groups in total. The number of benzene rings is 4. The second kappa shape index (κ2) is 9.79. The van der Waals surface area contributed by atoms with Crippen molar-refractivity contribution in [1.29, 1.82) is 0 Å². The van der Waals surface area contributed by atoms with Crippen LogP contribution >= 0.6 is 0 Å². The van der Waals surface area contributed by atoms with E-state index in [0.29, 0.717) is 5.56 Å². The molecule has 0 aliphatic heterocycles. The van der Waals surface area contributed by atoms with Crippen molar-refractivity contribution in [2.24, 2.45) is 0 Å². The summed E-state index contributed by atoms with van der Waals surface area (Å²) in [6.45, 7) is 6.77. The quantitative estimate of drug-likeness (QED) is 0.242. The Morgan fingerprint density at radius 2 is 1.33 bits per heavy atom. The summed E-state index contributed by atoms with van der Waals surface area (Å²) >= 11 is 0. The van der Waals surface area contributed by atoms with Gasteiger partial charge in [0.05, 0.1) is 16.8 Å². The number of rotatable bonds is 5. The Morgan fingerprint density at radius 3 is 2.03 bits per heavy atom. The highest BCUT2D eigenvalue weighted by Crippen LogP contribution is 2.28. The average Bonchev–Trinajstić information content (AvgIpc) is 2.91. The van der Waals surface area contributed by atoms with Gasteiger partial charge >= 0.3 is 5.97 Å². The van der Waals surface area contributed by atoms with Gasteiger partial charge in [-0.2, -0.15) is 0 Å². The van der Waals surface area contributed by atoms with Crippen LogP contribution in [0.1, 0.15) is 42.3 Å². The van der Waals surface area contributed by atoms with Crippen LogP contribution in [0.4, 0.5) is 0 Å². The average molecular weight is 472 g/mol. The van der Waals surface area contributed by atoms with E-state index in [-0.39, 0.29) is 18.0 Å². The lowest BCUT2D eigenvalue weighted by Crippen LogP contribution is -2.11. The number of para-hydroxylation sites is 1. The van der Waals surface area contributed by atoms with Crippen LogP contribution in [0.5, 0.6) is 0 Å². The Morgan fingerprint density at radius 1 is 0.722 bits per heavy atom. The molecule has 178 valence electrons. The SMILES string of the molecule is CC(C)(C)c1ccc(COC(=O)c2cc(-c3ccc(-c4ccccc4)cc3)nc3ccccc23)cc1. The van der Waals surface area contributed by atoms with Crippen LogP contribution in [0.25, 0.3) is 33.3 Å². The fourth-order valence-electron chi connectivity index (χ4n) is 4.28. The van der Waals surface area contributed by atoms with E-state index in [4.69, 9.17) is 9.72 Å². The summed E-state index contributed by atoms with van der Waals surface area (Å²) in [4.78, 5) is 18.1. The van der Waals surface area contributed by atoms with Gasteiger partial charge in [-0.1, -0.05) is 118 Å². The van der Waals surface area contributed by atoms with Crippen LogP contribution < -0.4 is 0 Å². The lowest BCUT2D eigenvalue weighted by Gasteiger charge is -2.19. The van der Waals surface area contributed by atoms with Gasteiger partial charge in [0.15, 0.2) is 0 Å². The number of ether oxygens (including phenoxy) is 1. The minimum atomic E-state index is -0.351. The standard InChI is InChI=1S/C33H29NO2/c1-33(2,3)27-19-13-23(14-20-27)22-36-32(35)29-21-31(34-30-12-8-7-11-28(29)30)26-17-15-25(16-18-26)24-9-5-4-6-10-24/h4-21H,22H2,1-3H3. The number of fused-ring (bicyclic) bond motifs is 1. The molecule has 5 rings (SSSR count). The van der Waals surface area contributed by atoms with Crippen LogP contribution in [0.3, 0.4) is 0 Å². The van der Waals surface area contributed by atoms with Crippen molar-refractivity contribution in [3.8, 4) is 22.4 Å². The van der Waals surface area contributed by atoms with Crippen LogP contribution in [-0.2, 0) is 16.8 Å². The molecule has 1 heterocycles. The molecular weight excluding hydrogens is 442 g/mol. The number of carbonyl (C=O) groups excluding carboxylic acids is 1. The number of pyridine rings is 1. The van der Waals surface area contributed by atoms with Gasteiger partial charge < -0.3 is 4.74 Å². The van der Waals surface area contributed by atoms with E-state index in [1.54, 1.807) is 0 Å². The number of esters is 1. The minimum absolute atomic E-state index is 0.0842. The first-order valence-electron chi connectivity index (χ1n) is 12.2. The molecule has 0 aliphatic carbocycles. The third kappa shape index (κ3) is 5.06. The van der Waals surface area contributed by atoms with Gasteiger partial charge in [0, 0.05) is 10.9 Å². The first-order valence-corrected chi connectivity index (χ1v) is 12.2. The highest BCUT2D eigenvalue weighted by molar-refractivity contribution is 6.04. The van der Waals surface area contributed by atoms with Gasteiger partial charge in [0.1, 0.15) is 6.61 Å². The lowest BCUT2D eigenvalue weighted by atomic mass is 9.87. The van der Waals surface area contributed by atoms with Gasteiger partial charge in [-0.05, 0) is 39.8 Å². The summed E-state index contributed by atoms with van der Waals surface area (Å²) in [7, 11) is 0. The highest BCUT2D eigenvalue weighted by Gasteiger charge is 2.16. The maximum atomic E-state index is 13.2. The molecule has 0 unspecified atom stereocenters. The Hall–Kier alpha value is -4.24. The van der Waals surface area contributed by atoms with E-state index in [1.807, 2.05) is 72.8 Å². The summed E-state index contributed by atoms with van der Waals surface area (Å²) in [6.07, 6.45) is 0. The molecule has 0 saturated carbocycles. The largest absolute Gasteiger partial charge is 0.457 e. The molecule has 0 atom stereocenters. The van der Waals surface area contributed by atoms with Gasteiger partial charge in [-0.15, -0.1) is 0 Å². The fourth-order valence-corrected chi connectivity index (χ4v) is 4.28. The van der Waals surface area contributed by atoms with Crippen LogP contribution in [-0.4, -0.2) is 11.0 Å². The topological polar surface area (TPSA) is 39.2 Å². The van der Waals surface area contributed by atoms with Gasteiger partial charge in [-0.3, -0.25) is 0 Å². The molecule has 1 aromatic heterocycles. The van der Waals surface area contributed by atoms with Crippen LogP contribution in [0.2, 0.25) is 0 Å². The molecular formula is C33H29NO2. The lowest BCUT2D eigenvalue weighted by molar-refractivity contribution is 0.0475. The zero-order chi connectivity index (χ0) is 25.1. The monoisotopic (exact) mass is 471 g/mol. The molecule has 0 saturated heterocycles. The zero-order valence-electron chi connectivity index (χ0n) is 20.9. The molecule has 0 bridgehead atoms. The predicted octanol–water partition coefficient (Wildman–Crippen LogP) is 8.22. The molecule has 0 aliphatic rings. The zero-order valence-corrected chi connectivity index (χ0v) is 20.9. The number of carbonyl (C=O) groups is 1. The van der Waals surface area contributed by atoms with E-state index in [2.05, 4.69) is 57.2 Å². The predicted molar refractivity (Wildman–Crippen MR) is 147 cm³/mol. The van der Waals surface area contributed by atoms with Crippen LogP contribution in [0.15, 0.2) is 109 Å². The van der Waals surface area contributed by atoms with E-state index in [0.717, 1.165) is 38.9 Å². The maximum Gasteiger partial charge on any atom is 0.339 e. The summed E-state index contributed by atoms with van der Waals surface area (Å²) < 4.78 is 5.75. The number of nitrogens with zero attached hydrogens (tertiary/aromatic N) is 1. The van der Waals surface area contributed by atoms with E-state index < -0.39 is 0 Å².